The normalized spacial score (nSPS) is 14.4. The fourth-order valence-electron chi connectivity index (χ4n) is 4.59. The summed E-state index contributed by atoms with van der Waals surface area (Å²) in [6.45, 7) is 14.9. The first-order chi connectivity index (χ1) is 18.8. The molecule has 0 radical (unpaired) electrons. The second kappa shape index (κ2) is 14.7. The molecule has 0 aromatic heterocycles. The number of rotatable bonds is 12. The molecule has 0 aliphatic carbocycles. The van der Waals surface area contributed by atoms with Crippen molar-refractivity contribution in [3.05, 3.63) is 65.2 Å². The van der Waals surface area contributed by atoms with E-state index in [4.69, 9.17) is 4.74 Å². The molecular formula is C32H47N3O5. The van der Waals surface area contributed by atoms with E-state index >= 15 is 0 Å². The molecule has 0 saturated heterocycles. The summed E-state index contributed by atoms with van der Waals surface area (Å²) in [4.78, 5) is 42.8. The smallest absolute Gasteiger partial charge is 0.408 e. The fourth-order valence-corrected chi connectivity index (χ4v) is 4.59. The zero-order valence-electron chi connectivity index (χ0n) is 25.3. The quantitative estimate of drug-likeness (QED) is 0.307. The third-order valence-corrected chi connectivity index (χ3v) is 6.77. The number of ether oxygens (including phenoxy) is 1. The van der Waals surface area contributed by atoms with Crippen molar-refractivity contribution in [2.45, 2.75) is 111 Å². The molecule has 0 heterocycles. The van der Waals surface area contributed by atoms with E-state index in [2.05, 4.69) is 17.6 Å². The number of benzene rings is 2. The van der Waals surface area contributed by atoms with Gasteiger partial charge < -0.3 is 25.4 Å². The Balaban J connectivity index is 2.61. The second-order valence-corrected chi connectivity index (χ2v) is 11.5. The Morgan fingerprint density at radius 1 is 1.00 bits per heavy atom. The van der Waals surface area contributed by atoms with Crippen molar-refractivity contribution in [1.82, 2.24) is 15.5 Å². The van der Waals surface area contributed by atoms with Crippen LogP contribution in [0.25, 0.3) is 0 Å². The molecule has 0 aliphatic heterocycles. The van der Waals surface area contributed by atoms with Crippen LogP contribution >= 0.6 is 0 Å². The zero-order valence-corrected chi connectivity index (χ0v) is 25.3. The summed E-state index contributed by atoms with van der Waals surface area (Å²) < 4.78 is 5.50. The maximum absolute atomic E-state index is 14.5. The van der Waals surface area contributed by atoms with Gasteiger partial charge in [-0.05, 0) is 83.2 Å². The van der Waals surface area contributed by atoms with Gasteiger partial charge in [0.2, 0.25) is 11.8 Å². The largest absolute Gasteiger partial charge is 0.508 e. The third-order valence-electron chi connectivity index (χ3n) is 6.77. The van der Waals surface area contributed by atoms with Gasteiger partial charge in [-0.15, -0.1) is 0 Å². The Morgan fingerprint density at radius 2 is 1.65 bits per heavy atom. The molecule has 4 atom stereocenters. The Morgan fingerprint density at radius 3 is 2.20 bits per heavy atom. The number of phenols is 1. The van der Waals surface area contributed by atoms with Crippen molar-refractivity contribution < 1.29 is 24.2 Å². The van der Waals surface area contributed by atoms with Crippen LogP contribution in [0.1, 0.15) is 90.5 Å². The maximum Gasteiger partial charge on any atom is 0.408 e. The summed E-state index contributed by atoms with van der Waals surface area (Å²) >= 11 is 0. The van der Waals surface area contributed by atoms with Crippen LogP contribution in [0.3, 0.4) is 0 Å². The van der Waals surface area contributed by atoms with Crippen molar-refractivity contribution >= 4 is 17.9 Å². The summed E-state index contributed by atoms with van der Waals surface area (Å²) in [6, 6.07) is 12.0. The number of nitrogens with zero attached hydrogens (tertiary/aromatic N) is 1. The fraction of sp³-hybridized carbons (Fsp3) is 0.531. The van der Waals surface area contributed by atoms with E-state index in [1.54, 1.807) is 50.8 Å². The summed E-state index contributed by atoms with van der Waals surface area (Å²) in [7, 11) is 0. The van der Waals surface area contributed by atoms with Gasteiger partial charge in [0.05, 0.1) is 0 Å². The van der Waals surface area contributed by atoms with E-state index < -0.39 is 29.7 Å². The molecule has 2 aromatic rings. The van der Waals surface area contributed by atoms with Crippen LogP contribution in [0.4, 0.5) is 4.79 Å². The average Bonchev–Trinajstić information content (AvgIpc) is 2.87. The number of carbonyl (C=O) groups excluding carboxylic acids is 3. The molecule has 8 heteroatoms. The molecule has 2 aromatic carbocycles. The van der Waals surface area contributed by atoms with E-state index in [-0.39, 0.29) is 30.2 Å². The monoisotopic (exact) mass is 553 g/mol. The molecule has 0 saturated carbocycles. The van der Waals surface area contributed by atoms with Gasteiger partial charge in [-0.3, -0.25) is 9.59 Å². The first-order valence-electron chi connectivity index (χ1n) is 14.2. The lowest BCUT2D eigenvalue weighted by atomic mass is 9.96. The number of alkyl carbamates (subject to hydrolysis) is 1. The Bertz CT molecular complexity index is 1130. The minimum atomic E-state index is -0.979. The van der Waals surface area contributed by atoms with Crippen LogP contribution in [0, 0.1) is 6.92 Å². The van der Waals surface area contributed by atoms with Gasteiger partial charge in [-0.2, -0.15) is 0 Å². The average molecular weight is 554 g/mol. The third kappa shape index (κ3) is 9.57. The number of aryl methyl sites for hydroxylation is 1. The van der Waals surface area contributed by atoms with Gasteiger partial charge in [0, 0.05) is 18.5 Å². The van der Waals surface area contributed by atoms with Crippen LogP contribution in [0.15, 0.2) is 48.5 Å². The number of amides is 3. The molecule has 0 bridgehead atoms. The summed E-state index contributed by atoms with van der Waals surface area (Å²) in [5.74, 6) is -0.592. The first-order valence-corrected chi connectivity index (χ1v) is 14.2. The highest BCUT2D eigenvalue weighted by Crippen LogP contribution is 2.30. The van der Waals surface area contributed by atoms with Gasteiger partial charge in [-0.25, -0.2) is 4.79 Å². The number of phenolic OH excluding ortho intramolecular Hbond substituents is 1. The number of hydrogen-bond acceptors (Lipinski definition) is 5. The molecule has 8 nitrogen and oxygen atoms in total. The minimum absolute atomic E-state index is 0.0906. The zero-order chi connectivity index (χ0) is 30.0. The Hall–Kier alpha value is -3.55. The van der Waals surface area contributed by atoms with Crippen LogP contribution < -0.4 is 10.6 Å². The summed E-state index contributed by atoms with van der Waals surface area (Å²) in [5.41, 5.74) is 1.29. The molecule has 3 N–H and O–H groups in total. The van der Waals surface area contributed by atoms with E-state index in [1.165, 1.54) is 0 Å². The van der Waals surface area contributed by atoms with Crippen molar-refractivity contribution in [3.8, 4) is 5.75 Å². The first kappa shape index (κ1) is 32.7. The topological polar surface area (TPSA) is 108 Å². The Kier molecular flexibility index (Phi) is 12.0. The van der Waals surface area contributed by atoms with Gasteiger partial charge in [-0.1, -0.05) is 56.7 Å². The Labute approximate surface area is 239 Å². The van der Waals surface area contributed by atoms with Crippen molar-refractivity contribution in [2.24, 2.45) is 0 Å². The molecule has 40 heavy (non-hydrogen) atoms. The molecule has 220 valence electrons. The predicted molar refractivity (Wildman–Crippen MR) is 158 cm³/mol. The van der Waals surface area contributed by atoms with Gasteiger partial charge >= 0.3 is 6.09 Å². The number of hydrogen-bond donors (Lipinski definition) is 3. The lowest BCUT2D eigenvalue weighted by molar-refractivity contribution is -0.145. The molecule has 3 amide bonds. The molecule has 0 spiro atoms. The lowest BCUT2D eigenvalue weighted by Crippen LogP contribution is -2.56. The molecular weight excluding hydrogens is 506 g/mol. The second-order valence-electron chi connectivity index (χ2n) is 11.5. The van der Waals surface area contributed by atoms with E-state index in [0.717, 1.165) is 18.4 Å². The lowest BCUT2D eigenvalue weighted by Gasteiger charge is -2.38. The number of nitrogens with one attached hydrogen (secondary N) is 2. The highest BCUT2D eigenvalue weighted by molar-refractivity contribution is 5.92. The SMILES string of the molecule is CCCC(C)NC(=O)C(c1ccc(O)c(C)c1)N(C(=O)C(Cc1ccccc1)NC(=O)OC(C)(C)C)C(C)CC. The van der Waals surface area contributed by atoms with Crippen LogP contribution in [-0.2, 0) is 20.7 Å². The standard InChI is InChI=1S/C32H47N3O5/c1-9-14-22(4)33-29(37)28(25-17-18-27(36)21(3)19-25)35(23(5)10-2)30(38)26(20-24-15-12-11-13-16-24)34-31(39)40-32(6,7)8/h11-13,15-19,22-23,26,28,36H,9-10,14,20H2,1-8H3,(H,33,37)(H,34,39). The summed E-state index contributed by atoms with van der Waals surface area (Å²) in [6.07, 6.45) is 1.80. The van der Waals surface area contributed by atoms with Crippen molar-refractivity contribution in [1.29, 1.82) is 0 Å². The molecule has 2 rings (SSSR count). The van der Waals surface area contributed by atoms with E-state index in [0.29, 0.717) is 17.5 Å². The van der Waals surface area contributed by atoms with E-state index in [9.17, 15) is 19.5 Å². The maximum atomic E-state index is 14.5. The highest BCUT2D eigenvalue weighted by atomic mass is 16.6. The van der Waals surface area contributed by atoms with Crippen LogP contribution in [0.2, 0.25) is 0 Å². The number of carbonyl (C=O) groups is 3. The van der Waals surface area contributed by atoms with Crippen LogP contribution in [0.5, 0.6) is 5.75 Å². The molecule has 0 fully saturated rings. The summed E-state index contributed by atoms with van der Waals surface area (Å²) in [5, 5.41) is 16.0. The highest BCUT2D eigenvalue weighted by Gasteiger charge is 2.39. The predicted octanol–water partition coefficient (Wildman–Crippen LogP) is 5.81. The van der Waals surface area contributed by atoms with Gasteiger partial charge in [0.1, 0.15) is 23.4 Å². The molecule has 0 aliphatic rings. The molecule has 4 unspecified atom stereocenters. The van der Waals surface area contributed by atoms with E-state index in [1.807, 2.05) is 51.1 Å². The number of aromatic hydroxyl groups is 1. The van der Waals surface area contributed by atoms with Crippen molar-refractivity contribution in [2.75, 3.05) is 0 Å². The van der Waals surface area contributed by atoms with Gasteiger partial charge in [0.15, 0.2) is 0 Å². The van der Waals surface area contributed by atoms with Crippen molar-refractivity contribution in [3.63, 3.8) is 0 Å². The minimum Gasteiger partial charge on any atom is -0.508 e. The van der Waals surface area contributed by atoms with Gasteiger partial charge in [0.25, 0.3) is 0 Å². The van der Waals surface area contributed by atoms with Crippen LogP contribution in [-0.4, -0.2) is 51.6 Å².